The molecule has 200 valence electrons. The number of hydrogen-bond donors (Lipinski definition) is 1. The third-order valence-electron chi connectivity index (χ3n) is 8.94. The number of anilines is 3. The van der Waals surface area contributed by atoms with Crippen LogP contribution in [0, 0.1) is 5.41 Å². The number of carbonyl (C=O) groups excluding carboxylic acids is 2. The summed E-state index contributed by atoms with van der Waals surface area (Å²) in [7, 11) is 4.28. The van der Waals surface area contributed by atoms with E-state index in [1.807, 2.05) is 30.6 Å². The van der Waals surface area contributed by atoms with E-state index in [1.54, 1.807) is 6.20 Å². The Labute approximate surface area is 225 Å². The van der Waals surface area contributed by atoms with Crippen LogP contribution in [-0.4, -0.2) is 79.4 Å². The van der Waals surface area contributed by atoms with E-state index >= 15 is 0 Å². The lowest BCUT2D eigenvalue weighted by Crippen LogP contribution is -2.42. The lowest BCUT2D eigenvalue weighted by Gasteiger charge is -2.35. The molecule has 7 rings (SSSR count). The minimum atomic E-state index is -0.706. The minimum Gasteiger partial charge on any atom is -0.355 e. The maximum absolute atomic E-state index is 12.0. The number of hydrogen-bond acceptors (Lipinski definition) is 10. The highest BCUT2D eigenvalue weighted by Crippen LogP contribution is 2.52. The van der Waals surface area contributed by atoms with Crippen LogP contribution in [0.1, 0.15) is 44.6 Å². The van der Waals surface area contributed by atoms with Gasteiger partial charge in [0, 0.05) is 48.3 Å². The normalized spacial score (nSPS) is 20.0. The molecule has 1 saturated heterocycles. The number of fused-ring (bicyclic) bond motifs is 3. The Bertz CT molecular complexity index is 1560. The molecule has 3 fully saturated rings. The zero-order valence-electron chi connectivity index (χ0n) is 22.2. The third kappa shape index (κ3) is 3.94. The quantitative estimate of drug-likeness (QED) is 0.307. The van der Waals surface area contributed by atoms with Crippen molar-refractivity contribution in [2.75, 3.05) is 37.4 Å². The van der Waals surface area contributed by atoms with Crippen molar-refractivity contribution >= 4 is 51.1 Å². The summed E-state index contributed by atoms with van der Waals surface area (Å²) in [6.45, 7) is 1.93. The fraction of sp³-hybridized carbons (Fsp3) is 0.464. The summed E-state index contributed by atoms with van der Waals surface area (Å²) in [5.41, 5.74) is 1.08. The summed E-state index contributed by atoms with van der Waals surface area (Å²) in [6.07, 6.45) is 10.4. The van der Waals surface area contributed by atoms with Gasteiger partial charge in [0.05, 0.1) is 11.7 Å². The molecule has 1 spiro atoms. The van der Waals surface area contributed by atoms with Gasteiger partial charge in [0.1, 0.15) is 11.1 Å². The van der Waals surface area contributed by atoms with Crippen molar-refractivity contribution in [1.29, 1.82) is 0 Å². The SMILES string of the molecule is CN(C)C1CCN(c2ccc(Nc3ncc4c5ccncc5n(C5CCC6(CC5)C(=O)C6=O)c4n3)nn2)CC1. The second-order valence-corrected chi connectivity index (χ2v) is 11.2. The number of piperidine rings is 1. The third-order valence-corrected chi connectivity index (χ3v) is 8.94. The zero-order valence-corrected chi connectivity index (χ0v) is 22.2. The lowest BCUT2D eigenvalue weighted by molar-refractivity contribution is -0.122. The summed E-state index contributed by atoms with van der Waals surface area (Å²) in [5, 5.41) is 14.1. The van der Waals surface area contributed by atoms with E-state index in [4.69, 9.17) is 4.98 Å². The Morgan fingerprint density at radius 3 is 2.38 bits per heavy atom. The molecule has 4 aromatic rings. The van der Waals surface area contributed by atoms with Gasteiger partial charge in [0.15, 0.2) is 11.6 Å². The Morgan fingerprint density at radius 2 is 1.72 bits per heavy atom. The standard InChI is InChI=1S/C28H31N9O2/c1-35(2)17-8-13-36(14-9-17)23-4-3-22(33-34-23)31-27-30-15-20-19-7-12-29-16-21(19)37(26(20)32-27)18-5-10-28(11-6-18)24(38)25(28)39/h3-4,7,12,15-18H,5-6,8-11,13-14H2,1-2H3,(H,30,31,32,33). The predicted octanol–water partition coefficient (Wildman–Crippen LogP) is 3.30. The number of ketones is 2. The van der Waals surface area contributed by atoms with E-state index in [-0.39, 0.29) is 17.6 Å². The largest absolute Gasteiger partial charge is 0.355 e. The average molecular weight is 526 g/mol. The van der Waals surface area contributed by atoms with Crippen LogP contribution < -0.4 is 10.2 Å². The predicted molar refractivity (Wildman–Crippen MR) is 147 cm³/mol. The summed E-state index contributed by atoms with van der Waals surface area (Å²) >= 11 is 0. The molecule has 0 amide bonds. The van der Waals surface area contributed by atoms with Gasteiger partial charge in [0.25, 0.3) is 0 Å². The fourth-order valence-corrected chi connectivity index (χ4v) is 6.49. The number of aromatic nitrogens is 6. The van der Waals surface area contributed by atoms with Gasteiger partial charge < -0.3 is 19.7 Å². The fourth-order valence-electron chi connectivity index (χ4n) is 6.49. The molecule has 2 saturated carbocycles. The molecule has 0 atom stereocenters. The van der Waals surface area contributed by atoms with Gasteiger partial charge in [-0.05, 0) is 70.8 Å². The molecule has 0 radical (unpaired) electrons. The molecule has 3 aliphatic rings. The monoisotopic (exact) mass is 525 g/mol. The van der Waals surface area contributed by atoms with Gasteiger partial charge in [0.2, 0.25) is 17.5 Å². The average Bonchev–Trinajstić information content (AvgIpc) is 3.30. The topological polar surface area (TPSA) is 122 Å². The highest BCUT2D eigenvalue weighted by atomic mass is 16.2. The molecule has 0 bridgehead atoms. The summed E-state index contributed by atoms with van der Waals surface area (Å²) in [6, 6.07) is 6.62. The molecule has 11 nitrogen and oxygen atoms in total. The highest BCUT2D eigenvalue weighted by Gasteiger charge is 2.65. The van der Waals surface area contributed by atoms with Crippen molar-refractivity contribution in [2.45, 2.75) is 50.6 Å². The Kier molecular flexibility index (Phi) is 5.58. The minimum absolute atomic E-state index is 0.125. The van der Waals surface area contributed by atoms with Crippen LogP contribution in [0.2, 0.25) is 0 Å². The molecule has 1 aliphatic heterocycles. The van der Waals surface area contributed by atoms with Crippen molar-refractivity contribution in [3.05, 3.63) is 36.8 Å². The van der Waals surface area contributed by atoms with Gasteiger partial charge in [-0.1, -0.05) is 0 Å². The first kappa shape index (κ1) is 24.1. The number of pyridine rings is 1. The molecule has 1 N–H and O–H groups in total. The first-order valence-electron chi connectivity index (χ1n) is 13.7. The van der Waals surface area contributed by atoms with Gasteiger partial charge in [-0.15, -0.1) is 10.2 Å². The highest BCUT2D eigenvalue weighted by molar-refractivity contribution is 6.63. The second kappa shape index (κ2) is 9.04. The first-order valence-corrected chi connectivity index (χ1v) is 13.7. The van der Waals surface area contributed by atoms with E-state index in [0.717, 1.165) is 66.5 Å². The Balaban J connectivity index is 1.14. The van der Waals surface area contributed by atoms with E-state index in [1.165, 1.54) is 0 Å². The second-order valence-electron chi connectivity index (χ2n) is 11.2. The maximum atomic E-state index is 12.0. The number of rotatable bonds is 5. The summed E-state index contributed by atoms with van der Waals surface area (Å²) in [4.78, 5) is 42.3. The van der Waals surface area contributed by atoms with Gasteiger partial charge in [-0.3, -0.25) is 14.6 Å². The Morgan fingerprint density at radius 1 is 0.949 bits per heavy atom. The molecular formula is C28H31N9O2. The molecular weight excluding hydrogens is 494 g/mol. The van der Waals surface area contributed by atoms with E-state index in [9.17, 15) is 9.59 Å². The number of nitrogens with zero attached hydrogens (tertiary/aromatic N) is 8. The smallest absolute Gasteiger partial charge is 0.230 e. The first-order chi connectivity index (χ1) is 18.9. The van der Waals surface area contributed by atoms with E-state index in [2.05, 4.69) is 53.9 Å². The van der Waals surface area contributed by atoms with Crippen LogP contribution in [-0.2, 0) is 9.59 Å². The summed E-state index contributed by atoms with van der Waals surface area (Å²) < 4.78 is 2.21. The van der Waals surface area contributed by atoms with Crippen LogP contribution in [0.3, 0.4) is 0 Å². The van der Waals surface area contributed by atoms with Crippen molar-refractivity contribution < 1.29 is 9.59 Å². The number of carbonyl (C=O) groups is 2. The van der Waals surface area contributed by atoms with Crippen molar-refractivity contribution in [3.63, 3.8) is 0 Å². The van der Waals surface area contributed by atoms with Crippen LogP contribution >= 0.6 is 0 Å². The van der Waals surface area contributed by atoms with Crippen molar-refractivity contribution in [1.82, 2.24) is 34.6 Å². The maximum Gasteiger partial charge on any atom is 0.230 e. The number of nitrogens with one attached hydrogen (secondary N) is 1. The lowest BCUT2D eigenvalue weighted by atomic mass is 9.83. The summed E-state index contributed by atoms with van der Waals surface area (Å²) in [5.74, 6) is 1.52. The molecule has 2 aliphatic carbocycles. The van der Waals surface area contributed by atoms with E-state index < -0.39 is 5.41 Å². The molecule has 4 aromatic heterocycles. The Hall–Kier alpha value is -3.99. The molecule has 0 aromatic carbocycles. The van der Waals surface area contributed by atoms with Crippen LogP contribution in [0.5, 0.6) is 0 Å². The number of Topliss-reactive ketones (excluding diaryl/α,β-unsaturated/α-hetero) is 2. The molecule has 11 heteroatoms. The van der Waals surface area contributed by atoms with Crippen molar-refractivity contribution in [2.24, 2.45) is 5.41 Å². The zero-order chi connectivity index (χ0) is 26.7. The van der Waals surface area contributed by atoms with Gasteiger partial charge in [-0.25, -0.2) is 4.98 Å². The molecule has 5 heterocycles. The van der Waals surface area contributed by atoms with E-state index in [0.29, 0.717) is 30.6 Å². The molecule has 0 unspecified atom stereocenters. The molecule has 39 heavy (non-hydrogen) atoms. The van der Waals surface area contributed by atoms with Gasteiger partial charge in [-0.2, -0.15) is 4.98 Å². The van der Waals surface area contributed by atoms with Crippen LogP contribution in [0.15, 0.2) is 36.8 Å². The van der Waals surface area contributed by atoms with Crippen LogP contribution in [0.4, 0.5) is 17.6 Å². The van der Waals surface area contributed by atoms with Gasteiger partial charge >= 0.3 is 0 Å². The van der Waals surface area contributed by atoms with Crippen molar-refractivity contribution in [3.8, 4) is 0 Å². The van der Waals surface area contributed by atoms with Crippen LogP contribution in [0.25, 0.3) is 21.9 Å².